The maximum Gasteiger partial charge on any atom is 0.228 e. The Morgan fingerprint density at radius 1 is 1.14 bits per heavy atom. The molecule has 22 heavy (non-hydrogen) atoms. The third kappa shape index (κ3) is 3.76. The number of hydrogen-bond acceptors (Lipinski definition) is 4. The van der Waals surface area contributed by atoms with Crippen LogP contribution in [0.5, 0.6) is 11.5 Å². The normalized spacial score (nSPS) is 9.68. The summed E-state index contributed by atoms with van der Waals surface area (Å²) in [5.41, 5.74) is 1.94. The number of nitrogens with zero attached hydrogens (tertiary/aromatic N) is 1. The van der Waals surface area contributed by atoms with Crippen molar-refractivity contribution >= 4 is 11.6 Å². The fraction of sp³-hybridized carbons (Fsp3) is 0.176. The van der Waals surface area contributed by atoms with E-state index < -0.39 is 0 Å². The lowest BCUT2D eigenvalue weighted by Gasteiger charge is -2.11. The van der Waals surface area contributed by atoms with Gasteiger partial charge in [-0.2, -0.15) is 5.26 Å². The maximum absolute atomic E-state index is 12.1. The minimum atomic E-state index is -0.170. The molecule has 0 unspecified atom stereocenters. The number of benzene rings is 2. The Balaban J connectivity index is 2.09. The predicted molar refractivity (Wildman–Crippen MR) is 83.0 cm³/mol. The number of carbonyl (C=O) groups excluding carboxylic acids is 1. The highest BCUT2D eigenvalue weighted by atomic mass is 16.5. The molecule has 0 saturated heterocycles. The molecule has 0 heterocycles. The zero-order chi connectivity index (χ0) is 15.9. The van der Waals surface area contributed by atoms with E-state index in [2.05, 4.69) is 5.32 Å². The fourth-order valence-electron chi connectivity index (χ4n) is 2.03. The van der Waals surface area contributed by atoms with Gasteiger partial charge in [0.1, 0.15) is 11.5 Å². The Morgan fingerprint density at radius 3 is 2.45 bits per heavy atom. The standard InChI is InChI=1S/C17H16N2O3/c1-21-15-7-8-16(22-2)13(9-15)10-17(20)19-14-5-3-12(11-18)4-6-14/h3-9H,10H2,1-2H3,(H,19,20). The smallest absolute Gasteiger partial charge is 0.228 e. The molecule has 0 aliphatic carbocycles. The van der Waals surface area contributed by atoms with E-state index in [0.29, 0.717) is 22.7 Å². The van der Waals surface area contributed by atoms with Crippen molar-refractivity contribution in [2.45, 2.75) is 6.42 Å². The van der Waals surface area contributed by atoms with Gasteiger partial charge in [-0.25, -0.2) is 0 Å². The van der Waals surface area contributed by atoms with Gasteiger partial charge in [-0.15, -0.1) is 0 Å². The zero-order valence-electron chi connectivity index (χ0n) is 12.4. The van der Waals surface area contributed by atoms with Crippen molar-refractivity contribution < 1.29 is 14.3 Å². The summed E-state index contributed by atoms with van der Waals surface area (Å²) in [4.78, 5) is 12.1. The number of carbonyl (C=O) groups is 1. The van der Waals surface area contributed by atoms with Crippen molar-refractivity contribution in [2.24, 2.45) is 0 Å². The van der Waals surface area contributed by atoms with E-state index in [-0.39, 0.29) is 12.3 Å². The topological polar surface area (TPSA) is 71.3 Å². The molecule has 0 fully saturated rings. The van der Waals surface area contributed by atoms with E-state index in [1.807, 2.05) is 6.07 Å². The predicted octanol–water partition coefficient (Wildman–Crippen LogP) is 2.76. The molecule has 2 aromatic rings. The van der Waals surface area contributed by atoms with Gasteiger partial charge in [-0.1, -0.05) is 0 Å². The first-order valence-electron chi connectivity index (χ1n) is 6.67. The average Bonchev–Trinajstić information content (AvgIpc) is 2.55. The molecule has 0 aliphatic heterocycles. The van der Waals surface area contributed by atoms with Crippen molar-refractivity contribution in [1.82, 2.24) is 0 Å². The van der Waals surface area contributed by atoms with Crippen LogP contribution in [0.1, 0.15) is 11.1 Å². The second-order valence-electron chi connectivity index (χ2n) is 4.59. The van der Waals surface area contributed by atoms with E-state index in [0.717, 1.165) is 5.56 Å². The van der Waals surface area contributed by atoms with Crippen LogP contribution in [0.15, 0.2) is 42.5 Å². The van der Waals surface area contributed by atoms with Crippen LogP contribution in [-0.4, -0.2) is 20.1 Å². The minimum Gasteiger partial charge on any atom is -0.497 e. The van der Waals surface area contributed by atoms with E-state index in [9.17, 15) is 4.79 Å². The van der Waals surface area contributed by atoms with Gasteiger partial charge < -0.3 is 14.8 Å². The molecule has 0 saturated carbocycles. The van der Waals surface area contributed by atoms with Crippen LogP contribution in [0.3, 0.4) is 0 Å². The number of nitrogens with one attached hydrogen (secondary N) is 1. The van der Waals surface area contributed by atoms with Crippen LogP contribution >= 0.6 is 0 Å². The molecule has 5 heteroatoms. The first-order chi connectivity index (χ1) is 10.7. The SMILES string of the molecule is COc1ccc(OC)c(CC(=O)Nc2ccc(C#N)cc2)c1. The molecular formula is C17H16N2O3. The van der Waals surface area contributed by atoms with Crippen molar-refractivity contribution in [3.05, 3.63) is 53.6 Å². The second-order valence-corrected chi connectivity index (χ2v) is 4.59. The lowest BCUT2D eigenvalue weighted by molar-refractivity contribution is -0.115. The highest BCUT2D eigenvalue weighted by Crippen LogP contribution is 2.24. The molecule has 1 amide bonds. The Labute approximate surface area is 129 Å². The molecule has 2 rings (SSSR count). The van der Waals surface area contributed by atoms with Crippen LogP contribution in [0, 0.1) is 11.3 Å². The molecule has 0 aliphatic rings. The lowest BCUT2D eigenvalue weighted by atomic mass is 10.1. The number of hydrogen-bond donors (Lipinski definition) is 1. The van der Waals surface area contributed by atoms with Crippen LogP contribution in [0.4, 0.5) is 5.69 Å². The number of methoxy groups -OCH3 is 2. The average molecular weight is 296 g/mol. The summed E-state index contributed by atoms with van der Waals surface area (Å²) in [7, 11) is 3.13. The summed E-state index contributed by atoms with van der Waals surface area (Å²) in [5, 5.41) is 11.5. The Hall–Kier alpha value is -3.00. The van der Waals surface area contributed by atoms with E-state index >= 15 is 0 Å². The third-order valence-electron chi connectivity index (χ3n) is 3.14. The molecule has 0 bridgehead atoms. The number of anilines is 1. The Morgan fingerprint density at radius 2 is 1.86 bits per heavy atom. The van der Waals surface area contributed by atoms with Gasteiger partial charge in [-0.05, 0) is 42.5 Å². The van der Waals surface area contributed by atoms with Crippen LogP contribution in [0.2, 0.25) is 0 Å². The molecule has 0 radical (unpaired) electrons. The summed E-state index contributed by atoms with van der Waals surface area (Å²) in [5.74, 6) is 1.13. The van der Waals surface area contributed by atoms with Crippen LogP contribution in [-0.2, 0) is 11.2 Å². The third-order valence-corrected chi connectivity index (χ3v) is 3.14. The van der Waals surface area contributed by atoms with Gasteiger partial charge in [0.25, 0.3) is 0 Å². The van der Waals surface area contributed by atoms with Gasteiger partial charge in [-0.3, -0.25) is 4.79 Å². The zero-order valence-corrected chi connectivity index (χ0v) is 12.4. The molecule has 5 nitrogen and oxygen atoms in total. The number of amides is 1. The largest absolute Gasteiger partial charge is 0.497 e. The molecule has 0 aromatic heterocycles. The quantitative estimate of drug-likeness (QED) is 0.921. The summed E-state index contributed by atoms with van der Waals surface area (Å²) < 4.78 is 10.4. The van der Waals surface area contributed by atoms with Gasteiger partial charge in [0, 0.05) is 11.3 Å². The fourth-order valence-corrected chi connectivity index (χ4v) is 2.03. The van der Waals surface area contributed by atoms with Crippen molar-refractivity contribution in [1.29, 1.82) is 5.26 Å². The van der Waals surface area contributed by atoms with Crippen molar-refractivity contribution in [3.8, 4) is 17.6 Å². The molecule has 0 spiro atoms. The second kappa shape index (κ2) is 7.14. The number of rotatable bonds is 5. The molecule has 1 N–H and O–H groups in total. The first-order valence-corrected chi connectivity index (χ1v) is 6.67. The highest BCUT2D eigenvalue weighted by molar-refractivity contribution is 5.92. The molecular weight excluding hydrogens is 280 g/mol. The van der Waals surface area contributed by atoms with E-state index in [4.69, 9.17) is 14.7 Å². The van der Waals surface area contributed by atoms with Gasteiger partial charge in [0.15, 0.2) is 0 Å². The van der Waals surface area contributed by atoms with Gasteiger partial charge in [0.2, 0.25) is 5.91 Å². The van der Waals surface area contributed by atoms with Crippen molar-refractivity contribution in [3.63, 3.8) is 0 Å². The molecule has 2 aromatic carbocycles. The van der Waals surface area contributed by atoms with Crippen molar-refractivity contribution in [2.75, 3.05) is 19.5 Å². The Bertz CT molecular complexity index is 703. The molecule has 112 valence electrons. The summed E-state index contributed by atoms with van der Waals surface area (Å²) in [6, 6.07) is 14.0. The number of ether oxygens (including phenoxy) is 2. The highest BCUT2D eigenvalue weighted by Gasteiger charge is 2.10. The first kappa shape index (κ1) is 15.4. The molecule has 0 atom stereocenters. The summed E-state index contributed by atoms with van der Waals surface area (Å²) in [6.07, 6.45) is 0.167. The van der Waals surface area contributed by atoms with Crippen LogP contribution < -0.4 is 14.8 Å². The summed E-state index contributed by atoms with van der Waals surface area (Å²) in [6.45, 7) is 0. The van der Waals surface area contributed by atoms with E-state index in [1.165, 1.54) is 0 Å². The monoisotopic (exact) mass is 296 g/mol. The Kier molecular flexibility index (Phi) is 4.99. The summed E-state index contributed by atoms with van der Waals surface area (Å²) >= 11 is 0. The minimum absolute atomic E-state index is 0.167. The number of nitriles is 1. The lowest BCUT2D eigenvalue weighted by Crippen LogP contribution is -2.15. The maximum atomic E-state index is 12.1. The van der Waals surface area contributed by atoms with Gasteiger partial charge >= 0.3 is 0 Å². The van der Waals surface area contributed by atoms with Crippen LogP contribution in [0.25, 0.3) is 0 Å². The van der Waals surface area contributed by atoms with E-state index in [1.54, 1.807) is 56.7 Å². The van der Waals surface area contributed by atoms with Gasteiger partial charge in [0.05, 0.1) is 32.3 Å².